The molecule has 1 atom stereocenters. The Morgan fingerprint density at radius 1 is 1.31 bits per heavy atom. The summed E-state index contributed by atoms with van der Waals surface area (Å²) in [6.45, 7) is 5.72. The summed E-state index contributed by atoms with van der Waals surface area (Å²) in [4.78, 5) is 0. The van der Waals surface area contributed by atoms with Gasteiger partial charge >= 0.3 is 0 Å². The van der Waals surface area contributed by atoms with Gasteiger partial charge in [-0.3, -0.25) is 0 Å². The minimum Gasteiger partial charge on any atom is -0.328 e. The largest absolute Gasteiger partial charge is 0.328 e. The van der Waals surface area contributed by atoms with Gasteiger partial charge in [-0.2, -0.15) is 0 Å². The summed E-state index contributed by atoms with van der Waals surface area (Å²) in [5.41, 5.74) is 5.52. The third kappa shape index (κ3) is 6.01. The van der Waals surface area contributed by atoms with Crippen LogP contribution in [0, 0.1) is 0 Å². The Morgan fingerprint density at radius 2 is 1.85 bits per heavy atom. The highest BCUT2D eigenvalue weighted by molar-refractivity contribution is 7.90. The van der Waals surface area contributed by atoms with Gasteiger partial charge in [0.15, 0.2) is 0 Å². The molecule has 0 saturated heterocycles. The minimum absolute atomic E-state index is 0.142. The van der Waals surface area contributed by atoms with Crippen LogP contribution in [0.2, 0.25) is 0 Å². The van der Waals surface area contributed by atoms with E-state index >= 15 is 0 Å². The van der Waals surface area contributed by atoms with Crippen LogP contribution in [0.5, 0.6) is 0 Å². The van der Waals surface area contributed by atoms with E-state index in [-0.39, 0.29) is 11.3 Å². The molecule has 4 nitrogen and oxygen atoms in total. The van der Waals surface area contributed by atoms with Crippen molar-refractivity contribution in [2.24, 2.45) is 5.73 Å². The molecule has 0 heterocycles. The molecular formula is C8H20N2O2S. The van der Waals surface area contributed by atoms with Gasteiger partial charge in [0.2, 0.25) is 10.0 Å². The molecule has 0 aromatic heterocycles. The van der Waals surface area contributed by atoms with Crippen molar-refractivity contribution in [2.75, 3.05) is 6.54 Å². The first-order valence-corrected chi connectivity index (χ1v) is 6.15. The zero-order valence-electron chi connectivity index (χ0n) is 8.58. The molecule has 80 valence electrons. The van der Waals surface area contributed by atoms with E-state index in [9.17, 15) is 8.42 Å². The fraction of sp³-hybridized carbons (Fsp3) is 1.00. The maximum absolute atomic E-state index is 11.2. The molecule has 0 fully saturated rings. The SMILES string of the molecule is CC(N)CCCNS(=O)(=O)C(C)C. The Morgan fingerprint density at radius 3 is 2.23 bits per heavy atom. The number of hydrogen-bond acceptors (Lipinski definition) is 3. The molecule has 0 aliphatic heterocycles. The lowest BCUT2D eigenvalue weighted by Gasteiger charge is -2.09. The van der Waals surface area contributed by atoms with Crippen molar-refractivity contribution in [3.63, 3.8) is 0 Å². The molecule has 0 bridgehead atoms. The molecule has 0 aromatic rings. The van der Waals surface area contributed by atoms with E-state index in [0.29, 0.717) is 6.54 Å². The van der Waals surface area contributed by atoms with Crippen molar-refractivity contribution >= 4 is 10.0 Å². The lowest BCUT2D eigenvalue weighted by molar-refractivity contribution is 0.560. The number of nitrogens with one attached hydrogen (secondary N) is 1. The van der Waals surface area contributed by atoms with E-state index in [4.69, 9.17) is 5.73 Å². The average Bonchev–Trinajstić information content (AvgIpc) is 1.97. The van der Waals surface area contributed by atoms with Crippen molar-refractivity contribution in [2.45, 2.75) is 44.9 Å². The number of hydrogen-bond donors (Lipinski definition) is 2. The fourth-order valence-corrected chi connectivity index (χ4v) is 1.57. The van der Waals surface area contributed by atoms with E-state index in [1.54, 1.807) is 13.8 Å². The van der Waals surface area contributed by atoms with Crippen LogP contribution in [0.15, 0.2) is 0 Å². The lowest BCUT2D eigenvalue weighted by atomic mass is 10.2. The second kappa shape index (κ2) is 5.57. The Labute approximate surface area is 80.9 Å². The molecule has 0 radical (unpaired) electrons. The van der Waals surface area contributed by atoms with Gasteiger partial charge in [-0.25, -0.2) is 13.1 Å². The van der Waals surface area contributed by atoms with Crippen molar-refractivity contribution in [3.05, 3.63) is 0 Å². The highest BCUT2D eigenvalue weighted by Crippen LogP contribution is 1.97. The molecule has 1 unspecified atom stereocenters. The minimum atomic E-state index is -3.09. The molecule has 0 amide bonds. The number of nitrogens with two attached hydrogens (primary N) is 1. The van der Waals surface area contributed by atoms with Gasteiger partial charge in [0, 0.05) is 12.6 Å². The summed E-state index contributed by atoms with van der Waals surface area (Å²) < 4.78 is 25.0. The molecule has 0 rings (SSSR count). The Balaban J connectivity index is 3.66. The third-order valence-electron chi connectivity index (χ3n) is 1.76. The van der Waals surface area contributed by atoms with E-state index in [2.05, 4.69) is 4.72 Å². The van der Waals surface area contributed by atoms with Crippen LogP contribution in [0.4, 0.5) is 0 Å². The van der Waals surface area contributed by atoms with Crippen LogP contribution in [0.25, 0.3) is 0 Å². The van der Waals surface area contributed by atoms with Crippen LogP contribution in [-0.4, -0.2) is 26.3 Å². The van der Waals surface area contributed by atoms with Crippen LogP contribution in [0.3, 0.4) is 0 Å². The molecule has 0 spiro atoms. The van der Waals surface area contributed by atoms with Gasteiger partial charge in [-0.15, -0.1) is 0 Å². The maximum Gasteiger partial charge on any atom is 0.213 e. The summed E-state index contributed by atoms with van der Waals surface area (Å²) in [5.74, 6) is 0. The van der Waals surface area contributed by atoms with E-state index in [1.165, 1.54) is 0 Å². The lowest BCUT2D eigenvalue weighted by Crippen LogP contribution is -2.32. The molecule has 0 aromatic carbocycles. The summed E-state index contributed by atoms with van der Waals surface area (Å²) in [6, 6.07) is 0.142. The van der Waals surface area contributed by atoms with Gasteiger partial charge in [-0.1, -0.05) is 0 Å². The van der Waals surface area contributed by atoms with Crippen molar-refractivity contribution in [1.29, 1.82) is 0 Å². The first-order chi connectivity index (χ1) is 5.86. The van der Waals surface area contributed by atoms with Gasteiger partial charge in [0.1, 0.15) is 0 Å². The van der Waals surface area contributed by atoms with Crippen LogP contribution < -0.4 is 10.5 Å². The van der Waals surface area contributed by atoms with Gasteiger partial charge in [0.25, 0.3) is 0 Å². The molecule has 13 heavy (non-hydrogen) atoms. The Hall–Kier alpha value is -0.130. The van der Waals surface area contributed by atoms with Gasteiger partial charge in [0.05, 0.1) is 5.25 Å². The molecular weight excluding hydrogens is 188 g/mol. The van der Waals surface area contributed by atoms with Crippen LogP contribution in [-0.2, 0) is 10.0 Å². The average molecular weight is 208 g/mol. The van der Waals surface area contributed by atoms with Crippen molar-refractivity contribution in [3.8, 4) is 0 Å². The second-order valence-electron chi connectivity index (χ2n) is 3.61. The molecule has 5 heteroatoms. The predicted octanol–water partition coefficient (Wildman–Crippen LogP) is 0.442. The van der Waals surface area contributed by atoms with Crippen LogP contribution >= 0.6 is 0 Å². The van der Waals surface area contributed by atoms with Gasteiger partial charge < -0.3 is 5.73 Å². The van der Waals surface area contributed by atoms with Crippen molar-refractivity contribution < 1.29 is 8.42 Å². The zero-order valence-corrected chi connectivity index (χ0v) is 9.39. The summed E-state index contributed by atoms with van der Waals surface area (Å²) in [5, 5.41) is -0.359. The Kier molecular flexibility index (Phi) is 5.51. The smallest absolute Gasteiger partial charge is 0.213 e. The van der Waals surface area contributed by atoms with Gasteiger partial charge in [-0.05, 0) is 33.6 Å². The van der Waals surface area contributed by atoms with Crippen molar-refractivity contribution in [1.82, 2.24) is 4.72 Å². The standard InChI is InChI=1S/C8H20N2O2S/c1-7(2)13(11,12)10-6-4-5-8(3)9/h7-8,10H,4-6,9H2,1-3H3. The Bertz CT molecular complexity index is 222. The molecule has 0 aliphatic rings. The summed E-state index contributed by atoms with van der Waals surface area (Å²) >= 11 is 0. The first-order valence-electron chi connectivity index (χ1n) is 4.60. The summed E-state index contributed by atoms with van der Waals surface area (Å²) in [7, 11) is -3.09. The van der Waals surface area contributed by atoms with E-state index in [1.807, 2.05) is 6.92 Å². The number of rotatable bonds is 6. The highest BCUT2D eigenvalue weighted by Gasteiger charge is 2.13. The maximum atomic E-state index is 11.2. The molecule has 3 N–H and O–H groups in total. The fourth-order valence-electron chi connectivity index (χ4n) is 0.805. The molecule has 0 aliphatic carbocycles. The monoisotopic (exact) mass is 208 g/mol. The predicted molar refractivity (Wildman–Crippen MR) is 54.9 cm³/mol. The van der Waals surface area contributed by atoms with Crippen LogP contribution in [0.1, 0.15) is 33.6 Å². The normalized spacial score (nSPS) is 14.8. The zero-order chi connectivity index (χ0) is 10.5. The van der Waals surface area contributed by atoms with E-state index in [0.717, 1.165) is 12.8 Å². The highest BCUT2D eigenvalue weighted by atomic mass is 32.2. The second-order valence-corrected chi connectivity index (χ2v) is 5.93. The molecule has 0 saturated carbocycles. The number of sulfonamides is 1. The van der Waals surface area contributed by atoms with E-state index < -0.39 is 10.0 Å². The topological polar surface area (TPSA) is 72.2 Å². The quantitative estimate of drug-likeness (QED) is 0.622. The summed E-state index contributed by atoms with van der Waals surface area (Å²) in [6.07, 6.45) is 1.64. The third-order valence-corrected chi connectivity index (χ3v) is 3.61. The first kappa shape index (κ1) is 12.9.